The van der Waals surface area contributed by atoms with Crippen molar-refractivity contribution in [1.82, 2.24) is 0 Å². The van der Waals surface area contributed by atoms with Gasteiger partial charge in [0.05, 0.1) is 5.60 Å². The highest BCUT2D eigenvalue weighted by molar-refractivity contribution is 6.68. The molecule has 0 fully saturated rings. The number of hydrogen-bond acceptors (Lipinski definition) is 2. The summed E-state index contributed by atoms with van der Waals surface area (Å²) in [5, 5.41) is 18.0. The Morgan fingerprint density at radius 1 is 1.33 bits per heavy atom. The van der Waals surface area contributed by atoms with Crippen molar-refractivity contribution in [3.63, 3.8) is 0 Å². The van der Waals surface area contributed by atoms with E-state index in [0.717, 1.165) is 0 Å². The van der Waals surface area contributed by atoms with Crippen LogP contribution in [-0.4, -0.2) is 25.6 Å². The lowest BCUT2D eigenvalue weighted by Gasteiger charge is -2.30. The molecule has 0 saturated carbocycles. The van der Waals surface area contributed by atoms with Gasteiger partial charge in [-0.05, 0) is 13.8 Å². The number of halogens is 3. The quantitative estimate of drug-likeness (QED) is 0.718. The molecule has 2 N–H and O–H groups in total. The number of rotatable bonds is 2. The molecule has 0 bridgehead atoms. The summed E-state index contributed by atoms with van der Waals surface area (Å²) in [5.41, 5.74) is -1.57. The van der Waals surface area contributed by atoms with Gasteiger partial charge in [-0.3, -0.25) is 4.79 Å². The number of aliphatic hydroxyl groups is 1. The normalized spacial score (nSPS) is 15.8. The van der Waals surface area contributed by atoms with E-state index in [1.807, 2.05) is 0 Å². The Bertz CT molecular complexity index is 165. The van der Waals surface area contributed by atoms with E-state index >= 15 is 0 Å². The topological polar surface area (TPSA) is 57.5 Å². The summed E-state index contributed by atoms with van der Waals surface area (Å²) in [6.07, 6.45) is 0. The fraction of sp³-hybridized carbons (Fsp3) is 0.833. The summed E-state index contributed by atoms with van der Waals surface area (Å²) < 4.78 is -2.01. The van der Waals surface area contributed by atoms with E-state index in [2.05, 4.69) is 0 Å². The third-order valence-corrected chi connectivity index (χ3v) is 1.94. The van der Waals surface area contributed by atoms with Crippen LogP contribution in [-0.2, 0) is 4.79 Å². The van der Waals surface area contributed by atoms with Crippen molar-refractivity contribution in [3.8, 4) is 0 Å². The van der Waals surface area contributed by atoms with E-state index in [9.17, 15) is 9.90 Å². The van der Waals surface area contributed by atoms with Gasteiger partial charge in [-0.1, -0.05) is 34.8 Å². The summed E-state index contributed by atoms with van der Waals surface area (Å²) in [7, 11) is 0. The molecule has 0 aliphatic rings. The minimum Gasteiger partial charge on any atom is -0.481 e. The molecule has 0 aromatic heterocycles. The van der Waals surface area contributed by atoms with E-state index in [1.165, 1.54) is 13.8 Å². The van der Waals surface area contributed by atoms with E-state index in [-0.39, 0.29) is 0 Å². The second-order valence-corrected chi connectivity index (χ2v) is 5.34. The smallest absolute Gasteiger partial charge is 0.313 e. The standard InChI is InChI=1S/C6H9Cl3O3/c1-5(2,12)3(4(10)11)6(7,8)9/h3,12H,1-2H3,(H,10,11). The van der Waals surface area contributed by atoms with E-state index in [1.54, 1.807) is 0 Å². The van der Waals surface area contributed by atoms with E-state index in [0.29, 0.717) is 0 Å². The lowest BCUT2D eigenvalue weighted by Crippen LogP contribution is -2.44. The maximum absolute atomic E-state index is 10.6. The summed E-state index contributed by atoms with van der Waals surface area (Å²) in [6, 6.07) is 0. The van der Waals surface area contributed by atoms with Gasteiger partial charge in [-0.15, -0.1) is 0 Å². The van der Waals surface area contributed by atoms with Crippen LogP contribution in [0.3, 0.4) is 0 Å². The molecule has 1 unspecified atom stereocenters. The average molecular weight is 235 g/mol. The van der Waals surface area contributed by atoms with Crippen LogP contribution in [0.1, 0.15) is 13.8 Å². The van der Waals surface area contributed by atoms with Crippen LogP contribution in [0.2, 0.25) is 0 Å². The van der Waals surface area contributed by atoms with Crippen molar-refractivity contribution in [2.45, 2.75) is 23.2 Å². The molecule has 0 aromatic rings. The van der Waals surface area contributed by atoms with Gasteiger partial charge in [0.2, 0.25) is 3.79 Å². The summed E-state index contributed by atoms with van der Waals surface area (Å²) in [4.78, 5) is 10.6. The number of hydrogen-bond donors (Lipinski definition) is 2. The highest BCUT2D eigenvalue weighted by Gasteiger charge is 2.47. The first-order valence-corrected chi connectivity index (χ1v) is 4.22. The highest BCUT2D eigenvalue weighted by Crippen LogP contribution is 2.40. The number of aliphatic carboxylic acids is 1. The maximum Gasteiger partial charge on any atom is 0.313 e. The van der Waals surface area contributed by atoms with Crippen molar-refractivity contribution in [1.29, 1.82) is 0 Å². The minimum absolute atomic E-state index is 1.27. The highest BCUT2D eigenvalue weighted by atomic mass is 35.6. The van der Waals surface area contributed by atoms with Crippen molar-refractivity contribution in [2.24, 2.45) is 5.92 Å². The molecule has 3 nitrogen and oxygen atoms in total. The Morgan fingerprint density at radius 3 is 1.67 bits per heavy atom. The predicted octanol–water partition coefficient (Wildman–Crippen LogP) is 1.83. The van der Waals surface area contributed by atoms with Gasteiger partial charge in [0, 0.05) is 0 Å². The molecule has 12 heavy (non-hydrogen) atoms. The number of carboxylic acids is 1. The van der Waals surface area contributed by atoms with Crippen LogP contribution in [0, 0.1) is 5.92 Å². The average Bonchev–Trinajstić information content (AvgIpc) is 1.49. The molecule has 0 heterocycles. The lowest BCUT2D eigenvalue weighted by molar-refractivity contribution is -0.149. The zero-order valence-electron chi connectivity index (χ0n) is 6.51. The molecule has 0 amide bonds. The summed E-state index contributed by atoms with van der Waals surface area (Å²) >= 11 is 16.1. The van der Waals surface area contributed by atoms with Crippen LogP contribution in [0.25, 0.3) is 0 Å². The molecule has 0 radical (unpaired) electrons. The van der Waals surface area contributed by atoms with Gasteiger partial charge in [0.25, 0.3) is 0 Å². The number of carboxylic acid groups (broad SMARTS) is 1. The molecule has 0 rings (SSSR count). The molecular weight excluding hydrogens is 226 g/mol. The molecule has 0 aliphatic carbocycles. The van der Waals surface area contributed by atoms with Gasteiger partial charge < -0.3 is 10.2 Å². The first-order valence-electron chi connectivity index (χ1n) is 3.08. The van der Waals surface area contributed by atoms with Gasteiger partial charge in [-0.25, -0.2) is 0 Å². The Kier molecular flexibility index (Phi) is 3.67. The molecule has 0 aromatic carbocycles. The van der Waals surface area contributed by atoms with Crippen molar-refractivity contribution >= 4 is 40.8 Å². The Balaban J connectivity index is 4.82. The van der Waals surface area contributed by atoms with Crippen LogP contribution in [0.4, 0.5) is 0 Å². The molecule has 6 heteroatoms. The van der Waals surface area contributed by atoms with Gasteiger partial charge in [-0.2, -0.15) is 0 Å². The van der Waals surface area contributed by atoms with Crippen LogP contribution < -0.4 is 0 Å². The zero-order valence-corrected chi connectivity index (χ0v) is 8.78. The second kappa shape index (κ2) is 3.58. The molecule has 72 valence electrons. The molecule has 0 aliphatic heterocycles. The summed E-state index contributed by atoms with van der Waals surface area (Å²) in [5.74, 6) is -2.79. The van der Waals surface area contributed by atoms with Crippen LogP contribution in [0.5, 0.6) is 0 Å². The first-order chi connectivity index (χ1) is 5.07. The van der Waals surface area contributed by atoms with Crippen LogP contribution in [0.15, 0.2) is 0 Å². The maximum atomic E-state index is 10.6. The Hall–Kier alpha value is 0.300. The number of carbonyl (C=O) groups is 1. The Labute approximate surface area is 85.2 Å². The molecule has 0 spiro atoms. The summed E-state index contributed by atoms with van der Waals surface area (Å²) in [6.45, 7) is 2.54. The number of alkyl halides is 3. The SMILES string of the molecule is CC(C)(O)C(C(=O)O)C(Cl)(Cl)Cl. The van der Waals surface area contributed by atoms with Crippen LogP contribution >= 0.6 is 34.8 Å². The third-order valence-electron chi connectivity index (χ3n) is 1.28. The molecular formula is C6H9Cl3O3. The zero-order chi connectivity index (χ0) is 10.2. The lowest BCUT2D eigenvalue weighted by atomic mass is 9.92. The monoisotopic (exact) mass is 234 g/mol. The third kappa shape index (κ3) is 3.35. The first kappa shape index (κ1) is 12.3. The van der Waals surface area contributed by atoms with Crippen molar-refractivity contribution < 1.29 is 15.0 Å². The van der Waals surface area contributed by atoms with E-state index in [4.69, 9.17) is 39.9 Å². The predicted molar refractivity (Wildman–Crippen MR) is 47.7 cm³/mol. The van der Waals surface area contributed by atoms with Gasteiger partial charge in [0.1, 0.15) is 5.92 Å². The largest absolute Gasteiger partial charge is 0.481 e. The second-order valence-electron chi connectivity index (χ2n) is 2.97. The molecule has 1 atom stereocenters. The van der Waals surface area contributed by atoms with E-state index < -0.39 is 21.3 Å². The minimum atomic E-state index is -2.01. The fourth-order valence-electron chi connectivity index (χ4n) is 0.843. The Morgan fingerprint density at radius 2 is 1.67 bits per heavy atom. The molecule has 0 saturated heterocycles. The van der Waals surface area contributed by atoms with Gasteiger partial charge in [0.15, 0.2) is 0 Å². The van der Waals surface area contributed by atoms with Gasteiger partial charge >= 0.3 is 5.97 Å². The fourth-order valence-corrected chi connectivity index (χ4v) is 1.92. The van der Waals surface area contributed by atoms with Crippen molar-refractivity contribution in [2.75, 3.05) is 0 Å². The van der Waals surface area contributed by atoms with Crippen molar-refractivity contribution in [3.05, 3.63) is 0 Å².